The van der Waals surface area contributed by atoms with Crippen molar-refractivity contribution in [3.63, 3.8) is 0 Å². The van der Waals surface area contributed by atoms with E-state index >= 15 is 0 Å². The Morgan fingerprint density at radius 1 is 1.40 bits per heavy atom. The zero-order valence-electron chi connectivity index (χ0n) is 13.5. The molecule has 3 heteroatoms. The number of piperidine rings is 1. The summed E-state index contributed by atoms with van der Waals surface area (Å²) >= 11 is 0. The summed E-state index contributed by atoms with van der Waals surface area (Å²) in [7, 11) is 0. The molecule has 1 saturated carbocycles. The predicted molar refractivity (Wildman–Crippen MR) is 81.8 cm³/mol. The number of hydrogen-bond acceptors (Lipinski definition) is 3. The molecule has 2 unspecified atom stereocenters. The molecule has 2 aliphatic rings. The molecule has 2 fully saturated rings. The molecule has 0 radical (unpaired) electrons. The summed E-state index contributed by atoms with van der Waals surface area (Å²) < 4.78 is 5.89. The largest absolute Gasteiger partial charge is 0.377 e. The summed E-state index contributed by atoms with van der Waals surface area (Å²) in [6.07, 6.45) is 6.76. The van der Waals surface area contributed by atoms with Gasteiger partial charge in [0.25, 0.3) is 0 Å². The Morgan fingerprint density at radius 3 is 2.95 bits per heavy atom. The lowest BCUT2D eigenvalue weighted by molar-refractivity contribution is -0.128. The number of rotatable bonds is 5. The minimum Gasteiger partial charge on any atom is -0.377 e. The summed E-state index contributed by atoms with van der Waals surface area (Å²) in [5.41, 5.74) is 0.340. The van der Waals surface area contributed by atoms with Crippen LogP contribution < -0.4 is 0 Å². The minimum absolute atomic E-state index is 0.253. The summed E-state index contributed by atoms with van der Waals surface area (Å²) in [4.78, 5) is 14.6. The van der Waals surface area contributed by atoms with Crippen LogP contribution >= 0.6 is 0 Å². The van der Waals surface area contributed by atoms with Crippen LogP contribution in [0.1, 0.15) is 59.3 Å². The van der Waals surface area contributed by atoms with Crippen molar-refractivity contribution in [1.29, 1.82) is 0 Å². The van der Waals surface area contributed by atoms with Gasteiger partial charge in [0.05, 0.1) is 6.10 Å². The lowest BCUT2D eigenvalue weighted by Gasteiger charge is -2.39. The molecule has 2 rings (SSSR count). The molecule has 0 spiro atoms. The quantitative estimate of drug-likeness (QED) is 0.774. The number of nitrogens with zero attached hydrogens (tertiary/aromatic N) is 1. The van der Waals surface area contributed by atoms with Gasteiger partial charge in [0, 0.05) is 32.0 Å². The van der Waals surface area contributed by atoms with E-state index in [1.165, 1.54) is 12.8 Å². The molecule has 0 aromatic heterocycles. The molecule has 0 amide bonds. The van der Waals surface area contributed by atoms with Crippen LogP contribution in [0, 0.1) is 11.3 Å². The van der Waals surface area contributed by atoms with E-state index in [9.17, 15) is 4.79 Å². The van der Waals surface area contributed by atoms with E-state index < -0.39 is 0 Å². The highest BCUT2D eigenvalue weighted by molar-refractivity contribution is 5.82. The lowest BCUT2D eigenvalue weighted by atomic mass is 9.71. The SMILES string of the molecule is CCCOC1CCCN(CC2CC(C)(C)CCC2=O)C1. The molecule has 1 aliphatic carbocycles. The van der Waals surface area contributed by atoms with Crippen molar-refractivity contribution in [2.45, 2.75) is 65.4 Å². The van der Waals surface area contributed by atoms with Crippen LogP contribution in [0.3, 0.4) is 0 Å². The van der Waals surface area contributed by atoms with Gasteiger partial charge < -0.3 is 9.64 Å². The first-order chi connectivity index (χ1) is 9.50. The second kappa shape index (κ2) is 7.04. The molecular weight excluding hydrogens is 250 g/mol. The van der Waals surface area contributed by atoms with Crippen LogP contribution in [-0.4, -0.2) is 43.0 Å². The third-order valence-corrected chi connectivity index (χ3v) is 4.80. The number of hydrogen-bond donors (Lipinski definition) is 0. The van der Waals surface area contributed by atoms with E-state index in [1.54, 1.807) is 0 Å². The van der Waals surface area contributed by atoms with Gasteiger partial charge in [-0.1, -0.05) is 20.8 Å². The fourth-order valence-corrected chi connectivity index (χ4v) is 3.63. The molecule has 1 heterocycles. The van der Waals surface area contributed by atoms with Gasteiger partial charge in [0.15, 0.2) is 0 Å². The summed E-state index contributed by atoms with van der Waals surface area (Å²) in [5, 5.41) is 0. The summed E-state index contributed by atoms with van der Waals surface area (Å²) in [6, 6.07) is 0. The summed E-state index contributed by atoms with van der Waals surface area (Å²) in [5.74, 6) is 0.740. The zero-order chi connectivity index (χ0) is 14.6. The monoisotopic (exact) mass is 281 g/mol. The maximum absolute atomic E-state index is 12.2. The van der Waals surface area contributed by atoms with Crippen molar-refractivity contribution in [3.8, 4) is 0 Å². The van der Waals surface area contributed by atoms with Gasteiger partial charge in [0.1, 0.15) is 5.78 Å². The first-order valence-corrected chi connectivity index (χ1v) is 8.37. The van der Waals surface area contributed by atoms with Gasteiger partial charge >= 0.3 is 0 Å². The Balaban J connectivity index is 1.83. The Hall–Kier alpha value is -0.410. The molecule has 0 aromatic carbocycles. The standard InChI is InChI=1S/C17H31NO2/c1-4-10-20-15-6-5-9-18(13-15)12-14-11-17(2,3)8-7-16(14)19/h14-15H,4-13H2,1-3H3. The number of carbonyl (C=O) groups excluding carboxylic acids is 1. The first-order valence-electron chi connectivity index (χ1n) is 8.37. The average molecular weight is 281 g/mol. The maximum atomic E-state index is 12.2. The molecule has 1 aliphatic heterocycles. The van der Waals surface area contributed by atoms with Crippen molar-refractivity contribution >= 4 is 5.78 Å². The lowest BCUT2D eigenvalue weighted by Crippen LogP contribution is -2.45. The minimum atomic E-state index is 0.253. The highest BCUT2D eigenvalue weighted by Gasteiger charge is 2.35. The maximum Gasteiger partial charge on any atom is 0.137 e. The third kappa shape index (κ3) is 4.56. The van der Waals surface area contributed by atoms with Crippen molar-refractivity contribution in [2.75, 3.05) is 26.2 Å². The fraction of sp³-hybridized carbons (Fsp3) is 0.941. The van der Waals surface area contributed by atoms with Gasteiger partial charge in [-0.15, -0.1) is 0 Å². The van der Waals surface area contributed by atoms with Gasteiger partial charge in [0.2, 0.25) is 0 Å². The fourth-order valence-electron chi connectivity index (χ4n) is 3.63. The molecular formula is C17H31NO2. The van der Waals surface area contributed by atoms with E-state index in [4.69, 9.17) is 4.74 Å². The van der Waals surface area contributed by atoms with Gasteiger partial charge in [-0.05, 0) is 44.1 Å². The van der Waals surface area contributed by atoms with E-state index in [1.807, 2.05) is 0 Å². The van der Waals surface area contributed by atoms with Gasteiger partial charge in [-0.3, -0.25) is 4.79 Å². The number of ether oxygens (including phenoxy) is 1. The van der Waals surface area contributed by atoms with Crippen molar-refractivity contribution in [1.82, 2.24) is 4.90 Å². The second-order valence-electron chi connectivity index (χ2n) is 7.43. The first kappa shape index (κ1) is 16.0. The molecule has 2 atom stereocenters. The van der Waals surface area contributed by atoms with Crippen LogP contribution in [0.5, 0.6) is 0 Å². The molecule has 20 heavy (non-hydrogen) atoms. The van der Waals surface area contributed by atoms with E-state index in [2.05, 4.69) is 25.7 Å². The van der Waals surface area contributed by atoms with Crippen LogP contribution in [-0.2, 0) is 9.53 Å². The van der Waals surface area contributed by atoms with Crippen molar-refractivity contribution in [2.24, 2.45) is 11.3 Å². The van der Waals surface area contributed by atoms with Crippen LogP contribution in [0.25, 0.3) is 0 Å². The number of Topliss-reactive ketones (excluding diaryl/α,β-unsaturated/α-hetero) is 1. The molecule has 3 nitrogen and oxygen atoms in total. The smallest absolute Gasteiger partial charge is 0.137 e. The second-order valence-corrected chi connectivity index (χ2v) is 7.43. The topological polar surface area (TPSA) is 29.5 Å². The molecule has 116 valence electrons. The average Bonchev–Trinajstić information content (AvgIpc) is 2.41. The Bertz CT molecular complexity index is 327. The number of ketones is 1. The van der Waals surface area contributed by atoms with Gasteiger partial charge in [-0.2, -0.15) is 0 Å². The molecule has 0 aromatic rings. The van der Waals surface area contributed by atoms with Crippen LogP contribution in [0.15, 0.2) is 0 Å². The third-order valence-electron chi connectivity index (χ3n) is 4.80. The van der Waals surface area contributed by atoms with Crippen molar-refractivity contribution in [3.05, 3.63) is 0 Å². The van der Waals surface area contributed by atoms with E-state index in [0.717, 1.165) is 51.9 Å². The molecule has 0 N–H and O–H groups in total. The van der Waals surface area contributed by atoms with Gasteiger partial charge in [-0.25, -0.2) is 0 Å². The highest BCUT2D eigenvalue weighted by atomic mass is 16.5. The Kier molecular flexibility index (Phi) is 5.62. The van der Waals surface area contributed by atoms with Crippen LogP contribution in [0.2, 0.25) is 0 Å². The van der Waals surface area contributed by atoms with E-state index in [0.29, 0.717) is 17.3 Å². The summed E-state index contributed by atoms with van der Waals surface area (Å²) in [6.45, 7) is 10.7. The zero-order valence-corrected chi connectivity index (χ0v) is 13.5. The van der Waals surface area contributed by atoms with Crippen LogP contribution in [0.4, 0.5) is 0 Å². The Labute approximate surface area is 124 Å². The number of likely N-dealkylation sites (tertiary alicyclic amines) is 1. The molecule has 1 saturated heterocycles. The normalized spacial score (nSPS) is 31.4. The van der Waals surface area contributed by atoms with E-state index in [-0.39, 0.29) is 5.92 Å². The van der Waals surface area contributed by atoms with Crippen molar-refractivity contribution < 1.29 is 9.53 Å². The highest BCUT2D eigenvalue weighted by Crippen LogP contribution is 2.37. The molecule has 0 bridgehead atoms. The Morgan fingerprint density at radius 2 is 2.20 bits per heavy atom. The predicted octanol–water partition coefficient (Wildman–Crippen LogP) is 3.27. The number of carbonyl (C=O) groups is 1.